The smallest absolute Gasteiger partial charge is 0.145 e. The number of imidazole rings is 1. The predicted molar refractivity (Wildman–Crippen MR) is 166 cm³/mol. The lowest BCUT2D eigenvalue weighted by atomic mass is 10.0. The van der Waals surface area contributed by atoms with E-state index in [1.807, 2.05) is 12.1 Å². The predicted octanol–water partition coefficient (Wildman–Crippen LogP) is 9.46. The molecule has 0 spiro atoms. The van der Waals surface area contributed by atoms with Crippen molar-refractivity contribution in [2.45, 2.75) is 0 Å². The number of rotatable bonds is 4. The fourth-order valence-corrected chi connectivity index (χ4v) is 5.90. The van der Waals surface area contributed by atoms with Crippen LogP contribution >= 0.6 is 0 Å². The summed E-state index contributed by atoms with van der Waals surface area (Å²) in [5.74, 6) is 0.941. The van der Waals surface area contributed by atoms with Gasteiger partial charge in [-0.1, -0.05) is 91.0 Å². The van der Waals surface area contributed by atoms with E-state index in [-0.39, 0.29) is 0 Å². The van der Waals surface area contributed by atoms with Crippen LogP contribution in [0.3, 0.4) is 0 Å². The molecule has 3 heteroatoms. The zero-order valence-corrected chi connectivity index (χ0v) is 21.8. The molecule has 0 aliphatic rings. The summed E-state index contributed by atoms with van der Waals surface area (Å²) in [6.45, 7) is 0. The summed E-state index contributed by atoms with van der Waals surface area (Å²) in [5.41, 5.74) is 10.2. The lowest BCUT2D eigenvalue weighted by Crippen LogP contribution is -1.97. The summed E-state index contributed by atoms with van der Waals surface area (Å²) < 4.78 is 4.61. The number of hydrogen-bond acceptors (Lipinski definition) is 1. The maximum atomic E-state index is 5.08. The van der Waals surface area contributed by atoms with E-state index < -0.39 is 0 Å². The minimum atomic E-state index is 0.941. The molecule has 0 radical (unpaired) electrons. The van der Waals surface area contributed by atoms with Crippen LogP contribution in [0.25, 0.3) is 66.7 Å². The van der Waals surface area contributed by atoms with E-state index in [4.69, 9.17) is 4.98 Å². The van der Waals surface area contributed by atoms with Gasteiger partial charge in [-0.25, -0.2) is 4.98 Å². The van der Waals surface area contributed by atoms with Gasteiger partial charge in [-0.2, -0.15) is 0 Å². The Bertz CT molecular complexity index is 2150. The van der Waals surface area contributed by atoms with Gasteiger partial charge in [-0.05, 0) is 71.8 Å². The zero-order chi connectivity index (χ0) is 26.5. The third-order valence-corrected chi connectivity index (χ3v) is 7.72. The minimum absolute atomic E-state index is 0.941. The van der Waals surface area contributed by atoms with E-state index in [1.54, 1.807) is 0 Å². The van der Waals surface area contributed by atoms with Gasteiger partial charge >= 0.3 is 0 Å². The Morgan fingerprint density at radius 2 is 0.975 bits per heavy atom. The SMILES string of the molecule is c1ccc(-n2c(-c3cccc(-c4ccc5c(c4)c4ccccc4n5-c4ccccc4)c3)nc3ccccc32)cc1. The van der Waals surface area contributed by atoms with Gasteiger partial charge in [-0.15, -0.1) is 0 Å². The molecule has 8 aromatic rings. The Kier molecular flexibility index (Phi) is 5.14. The molecule has 0 N–H and O–H groups in total. The molecule has 188 valence electrons. The fourth-order valence-electron chi connectivity index (χ4n) is 5.90. The highest BCUT2D eigenvalue weighted by molar-refractivity contribution is 6.10. The second-order valence-electron chi connectivity index (χ2n) is 10.1. The van der Waals surface area contributed by atoms with Crippen molar-refractivity contribution >= 4 is 32.8 Å². The first-order valence-corrected chi connectivity index (χ1v) is 13.6. The number of aromatic nitrogens is 3. The van der Waals surface area contributed by atoms with Crippen molar-refractivity contribution in [2.75, 3.05) is 0 Å². The van der Waals surface area contributed by atoms with Gasteiger partial charge in [0.25, 0.3) is 0 Å². The molecule has 2 aromatic heterocycles. The standard InChI is InChI=1S/C37H25N3/c1-3-14-29(15-4-1)39-34-20-9-7-18-31(34)32-25-27(22-23-35(32)39)26-12-11-13-28(24-26)37-38-33-19-8-10-21-36(33)40(37)30-16-5-2-6-17-30/h1-25H. The molecule has 0 aliphatic heterocycles. The molecule has 40 heavy (non-hydrogen) atoms. The van der Waals surface area contributed by atoms with Crippen molar-refractivity contribution in [3.63, 3.8) is 0 Å². The largest absolute Gasteiger partial charge is 0.309 e. The minimum Gasteiger partial charge on any atom is -0.309 e. The van der Waals surface area contributed by atoms with Crippen LogP contribution in [0.4, 0.5) is 0 Å². The van der Waals surface area contributed by atoms with Crippen molar-refractivity contribution in [1.29, 1.82) is 0 Å². The summed E-state index contributed by atoms with van der Waals surface area (Å²) in [4.78, 5) is 5.08. The highest BCUT2D eigenvalue weighted by Crippen LogP contribution is 2.36. The third kappa shape index (κ3) is 3.56. The van der Waals surface area contributed by atoms with Crippen LogP contribution in [-0.2, 0) is 0 Å². The first-order chi connectivity index (χ1) is 19.8. The second-order valence-corrected chi connectivity index (χ2v) is 10.1. The molecule has 0 bridgehead atoms. The summed E-state index contributed by atoms with van der Waals surface area (Å²) in [7, 11) is 0. The van der Waals surface area contributed by atoms with Gasteiger partial charge in [0, 0.05) is 27.7 Å². The monoisotopic (exact) mass is 511 g/mol. The molecular weight excluding hydrogens is 486 g/mol. The maximum Gasteiger partial charge on any atom is 0.145 e. The Morgan fingerprint density at radius 1 is 0.375 bits per heavy atom. The van der Waals surface area contributed by atoms with Crippen molar-refractivity contribution in [1.82, 2.24) is 14.1 Å². The van der Waals surface area contributed by atoms with Crippen LogP contribution in [0.15, 0.2) is 152 Å². The van der Waals surface area contributed by atoms with Gasteiger partial charge in [-0.3, -0.25) is 4.57 Å². The van der Waals surface area contributed by atoms with Crippen LogP contribution in [0.2, 0.25) is 0 Å². The van der Waals surface area contributed by atoms with Crippen molar-refractivity contribution in [3.05, 3.63) is 152 Å². The molecule has 0 unspecified atom stereocenters. The average Bonchev–Trinajstić information content (AvgIpc) is 3.58. The van der Waals surface area contributed by atoms with Crippen LogP contribution in [0, 0.1) is 0 Å². The topological polar surface area (TPSA) is 22.8 Å². The highest BCUT2D eigenvalue weighted by atomic mass is 15.1. The Morgan fingerprint density at radius 3 is 1.77 bits per heavy atom. The van der Waals surface area contributed by atoms with E-state index in [9.17, 15) is 0 Å². The van der Waals surface area contributed by atoms with Gasteiger partial charge in [0.2, 0.25) is 0 Å². The van der Waals surface area contributed by atoms with Gasteiger partial charge in [0.1, 0.15) is 5.82 Å². The summed E-state index contributed by atoms with van der Waals surface area (Å²) in [6, 6.07) is 53.6. The molecule has 2 heterocycles. The molecule has 6 aromatic carbocycles. The quantitative estimate of drug-likeness (QED) is 0.231. The van der Waals surface area contributed by atoms with Gasteiger partial charge < -0.3 is 4.57 Å². The number of nitrogens with zero attached hydrogens (tertiary/aromatic N) is 3. The highest BCUT2D eigenvalue weighted by Gasteiger charge is 2.16. The van der Waals surface area contributed by atoms with Crippen LogP contribution in [-0.4, -0.2) is 14.1 Å². The molecule has 0 saturated carbocycles. The van der Waals surface area contributed by atoms with Crippen LogP contribution < -0.4 is 0 Å². The molecule has 0 amide bonds. The normalized spacial score (nSPS) is 11.5. The van der Waals surface area contributed by atoms with Crippen molar-refractivity contribution < 1.29 is 0 Å². The maximum absolute atomic E-state index is 5.08. The first kappa shape index (κ1) is 22.6. The van der Waals surface area contributed by atoms with E-state index in [0.29, 0.717) is 0 Å². The Hall–Kier alpha value is -5.41. The summed E-state index contributed by atoms with van der Waals surface area (Å²) in [5, 5.41) is 2.50. The van der Waals surface area contributed by atoms with E-state index in [2.05, 4.69) is 149 Å². The molecule has 0 atom stereocenters. The van der Waals surface area contributed by atoms with E-state index in [1.165, 1.54) is 38.6 Å². The first-order valence-electron chi connectivity index (χ1n) is 13.6. The zero-order valence-electron chi connectivity index (χ0n) is 21.8. The molecule has 8 rings (SSSR count). The number of para-hydroxylation sites is 5. The molecular formula is C37H25N3. The van der Waals surface area contributed by atoms with Crippen molar-refractivity contribution in [2.24, 2.45) is 0 Å². The fraction of sp³-hybridized carbons (Fsp3) is 0. The lowest BCUT2D eigenvalue weighted by molar-refractivity contribution is 1.10. The van der Waals surface area contributed by atoms with Crippen molar-refractivity contribution in [3.8, 4) is 33.9 Å². The Labute approximate surface area is 232 Å². The Balaban J connectivity index is 1.31. The average molecular weight is 512 g/mol. The summed E-state index contributed by atoms with van der Waals surface area (Å²) in [6.07, 6.45) is 0. The number of fused-ring (bicyclic) bond motifs is 4. The number of benzene rings is 6. The van der Waals surface area contributed by atoms with E-state index >= 15 is 0 Å². The molecule has 0 aliphatic carbocycles. The third-order valence-electron chi connectivity index (χ3n) is 7.72. The lowest BCUT2D eigenvalue weighted by Gasteiger charge is -2.11. The second kappa shape index (κ2) is 9.11. The molecule has 3 nitrogen and oxygen atoms in total. The van der Waals surface area contributed by atoms with Gasteiger partial charge in [0.05, 0.1) is 22.1 Å². The number of hydrogen-bond donors (Lipinski definition) is 0. The van der Waals surface area contributed by atoms with E-state index in [0.717, 1.165) is 28.1 Å². The van der Waals surface area contributed by atoms with Gasteiger partial charge in [0.15, 0.2) is 0 Å². The van der Waals surface area contributed by atoms with Crippen LogP contribution in [0.1, 0.15) is 0 Å². The molecule has 0 fully saturated rings. The molecule has 0 saturated heterocycles. The van der Waals surface area contributed by atoms with Crippen LogP contribution in [0.5, 0.6) is 0 Å². The summed E-state index contributed by atoms with van der Waals surface area (Å²) >= 11 is 0.